The molecule has 0 bridgehead atoms. The lowest BCUT2D eigenvalue weighted by Gasteiger charge is -2.16. The van der Waals surface area contributed by atoms with Crippen LogP contribution in [0, 0.1) is 12.7 Å². The molecule has 1 aliphatic rings. The Bertz CT molecular complexity index is 1490. The highest BCUT2D eigenvalue weighted by atomic mass is 19.1. The maximum atomic E-state index is 14.1. The fraction of sp³-hybridized carbons (Fsp3) is 0.185. The van der Waals surface area contributed by atoms with Gasteiger partial charge in [-0.2, -0.15) is 0 Å². The molecule has 0 unspecified atom stereocenters. The van der Waals surface area contributed by atoms with E-state index in [1.807, 2.05) is 35.0 Å². The summed E-state index contributed by atoms with van der Waals surface area (Å²) >= 11 is 0. The van der Waals surface area contributed by atoms with Crippen molar-refractivity contribution in [2.75, 3.05) is 4.90 Å². The number of hydrogen-bond acceptors (Lipinski definition) is 4. The first kappa shape index (κ1) is 22.5. The molecule has 0 radical (unpaired) electrons. The first-order chi connectivity index (χ1) is 16.7. The number of aryl methyl sites for hydroxylation is 1. The molecule has 5 rings (SSSR count). The first-order valence-electron chi connectivity index (χ1n) is 11.2. The van der Waals surface area contributed by atoms with Gasteiger partial charge in [-0.15, -0.1) is 0 Å². The first-order valence-corrected chi connectivity index (χ1v) is 11.2. The summed E-state index contributed by atoms with van der Waals surface area (Å²) in [7, 11) is 0. The second kappa shape index (κ2) is 8.47. The molecule has 8 heteroatoms. The number of pyridine rings is 1. The van der Waals surface area contributed by atoms with E-state index in [0.717, 1.165) is 11.4 Å². The number of halogens is 1. The smallest absolute Gasteiger partial charge is 0.338 e. The summed E-state index contributed by atoms with van der Waals surface area (Å²) in [5.74, 6) is -1.07. The molecule has 2 aromatic heterocycles. The highest BCUT2D eigenvalue weighted by molar-refractivity contribution is 6.10. The molecule has 176 valence electrons. The maximum Gasteiger partial charge on any atom is 0.338 e. The van der Waals surface area contributed by atoms with Crippen LogP contribution in [-0.4, -0.2) is 31.5 Å². The number of fused-ring (bicyclic) bond motifs is 1. The lowest BCUT2D eigenvalue weighted by atomic mass is 9.95. The van der Waals surface area contributed by atoms with Crippen molar-refractivity contribution in [3.05, 3.63) is 89.0 Å². The van der Waals surface area contributed by atoms with E-state index < -0.39 is 17.3 Å². The van der Waals surface area contributed by atoms with Crippen LogP contribution in [0.25, 0.3) is 22.6 Å². The lowest BCUT2D eigenvalue weighted by Crippen LogP contribution is -2.24. The minimum Gasteiger partial charge on any atom is -0.478 e. The van der Waals surface area contributed by atoms with E-state index in [4.69, 9.17) is 4.98 Å². The van der Waals surface area contributed by atoms with Gasteiger partial charge in [-0.25, -0.2) is 19.2 Å². The van der Waals surface area contributed by atoms with Crippen LogP contribution in [0.3, 0.4) is 0 Å². The molecular weight excluding hydrogens is 447 g/mol. The number of aromatic carboxylic acids is 1. The second-order valence-electron chi connectivity index (χ2n) is 8.85. The molecule has 7 nitrogen and oxygen atoms in total. The van der Waals surface area contributed by atoms with Crippen LogP contribution in [0.2, 0.25) is 0 Å². The number of hydrogen-bond donors (Lipinski definition) is 1. The van der Waals surface area contributed by atoms with Crippen molar-refractivity contribution < 1.29 is 19.1 Å². The Hall–Kier alpha value is -4.33. The van der Waals surface area contributed by atoms with Crippen LogP contribution >= 0.6 is 0 Å². The van der Waals surface area contributed by atoms with Crippen molar-refractivity contribution in [2.45, 2.75) is 33.4 Å². The van der Waals surface area contributed by atoms with E-state index in [9.17, 15) is 19.1 Å². The van der Waals surface area contributed by atoms with Gasteiger partial charge in [0.05, 0.1) is 12.1 Å². The van der Waals surface area contributed by atoms with Crippen molar-refractivity contribution in [3.8, 4) is 22.6 Å². The summed E-state index contributed by atoms with van der Waals surface area (Å²) in [6.07, 6.45) is 3.63. The van der Waals surface area contributed by atoms with Crippen molar-refractivity contribution >= 4 is 17.7 Å². The quantitative estimate of drug-likeness (QED) is 0.416. The topological polar surface area (TPSA) is 88.3 Å². The number of rotatable bonds is 5. The number of amides is 1. The zero-order valence-electron chi connectivity index (χ0n) is 19.5. The molecule has 1 N–H and O–H groups in total. The maximum absolute atomic E-state index is 14.1. The highest BCUT2D eigenvalue weighted by Gasteiger charge is 2.30. The van der Waals surface area contributed by atoms with Gasteiger partial charge in [-0.1, -0.05) is 18.2 Å². The zero-order chi connectivity index (χ0) is 24.9. The van der Waals surface area contributed by atoms with Gasteiger partial charge >= 0.3 is 5.97 Å². The van der Waals surface area contributed by atoms with E-state index in [2.05, 4.69) is 18.8 Å². The molecule has 0 saturated carbocycles. The van der Waals surface area contributed by atoms with Crippen LogP contribution in [0.1, 0.15) is 51.7 Å². The van der Waals surface area contributed by atoms with Gasteiger partial charge < -0.3 is 9.67 Å². The fourth-order valence-electron chi connectivity index (χ4n) is 4.43. The van der Waals surface area contributed by atoms with E-state index in [1.54, 1.807) is 30.2 Å². The Morgan fingerprint density at radius 2 is 1.91 bits per heavy atom. The molecule has 0 fully saturated rings. The summed E-state index contributed by atoms with van der Waals surface area (Å²) in [6, 6.07) is 13.7. The van der Waals surface area contributed by atoms with Gasteiger partial charge in [0.1, 0.15) is 17.3 Å². The average Bonchev–Trinajstić information content (AvgIpc) is 3.44. The molecule has 0 atom stereocenters. The number of imidazole rings is 1. The zero-order valence-corrected chi connectivity index (χ0v) is 19.5. The molecule has 0 aliphatic carbocycles. The normalized spacial score (nSPS) is 12.9. The summed E-state index contributed by atoms with van der Waals surface area (Å²) in [4.78, 5) is 35.6. The molecule has 3 heterocycles. The molecule has 2 aromatic carbocycles. The molecule has 0 spiro atoms. The number of anilines is 1. The van der Waals surface area contributed by atoms with Crippen LogP contribution in [0.15, 0.2) is 60.9 Å². The van der Waals surface area contributed by atoms with E-state index >= 15 is 0 Å². The summed E-state index contributed by atoms with van der Waals surface area (Å²) < 4.78 is 16.1. The SMILES string of the molecule is Cc1cc(F)c(C(=O)O)cc1-c1ccc2c(c1)C(=O)N(c1cccc(-c3nccn3C(C)C)n1)C2. The number of carbonyl (C=O) groups excluding carboxylic acids is 1. The molecule has 4 aromatic rings. The number of carbonyl (C=O) groups is 2. The molecule has 1 amide bonds. The fourth-order valence-corrected chi connectivity index (χ4v) is 4.43. The van der Waals surface area contributed by atoms with Gasteiger partial charge in [0.15, 0.2) is 5.82 Å². The van der Waals surface area contributed by atoms with Gasteiger partial charge in [-0.3, -0.25) is 9.69 Å². The van der Waals surface area contributed by atoms with Crippen LogP contribution in [0.4, 0.5) is 10.2 Å². The monoisotopic (exact) mass is 470 g/mol. The lowest BCUT2D eigenvalue weighted by molar-refractivity contribution is 0.0691. The van der Waals surface area contributed by atoms with Crippen LogP contribution in [-0.2, 0) is 6.54 Å². The Balaban J connectivity index is 1.50. The largest absolute Gasteiger partial charge is 0.478 e. The van der Waals surface area contributed by atoms with Crippen LogP contribution in [0.5, 0.6) is 0 Å². The predicted octanol–water partition coefficient (Wildman–Crippen LogP) is 5.50. The van der Waals surface area contributed by atoms with E-state index in [1.165, 1.54) is 12.1 Å². The number of aromatic nitrogens is 3. The van der Waals surface area contributed by atoms with Crippen molar-refractivity contribution in [1.82, 2.24) is 14.5 Å². The number of carboxylic acids is 1. The summed E-state index contributed by atoms with van der Waals surface area (Å²) in [6.45, 7) is 6.21. The summed E-state index contributed by atoms with van der Waals surface area (Å²) in [5, 5.41) is 9.31. The highest BCUT2D eigenvalue weighted by Crippen LogP contribution is 2.34. The van der Waals surface area contributed by atoms with Crippen molar-refractivity contribution in [1.29, 1.82) is 0 Å². The average molecular weight is 471 g/mol. The van der Waals surface area contributed by atoms with Crippen molar-refractivity contribution in [3.63, 3.8) is 0 Å². The molecular formula is C27H23FN4O3. The third-order valence-electron chi connectivity index (χ3n) is 6.23. The minimum atomic E-state index is -1.34. The van der Waals surface area contributed by atoms with E-state index in [-0.39, 0.29) is 11.9 Å². The molecule has 1 aliphatic heterocycles. The Labute approximate surface area is 201 Å². The third-order valence-corrected chi connectivity index (χ3v) is 6.23. The van der Waals surface area contributed by atoms with Crippen LogP contribution < -0.4 is 4.90 Å². The Kier molecular flexibility index (Phi) is 5.43. The third kappa shape index (κ3) is 3.86. The standard InChI is InChI=1S/C27H23FN4O3/c1-15(2)31-10-9-29-25(31)23-5-4-6-24(30-23)32-14-18-8-7-17(12-20(18)26(32)33)19-13-21(27(34)35)22(28)11-16(19)3/h4-13,15H,14H2,1-3H3,(H,34,35). The molecule has 0 saturated heterocycles. The Morgan fingerprint density at radius 3 is 2.66 bits per heavy atom. The number of benzene rings is 2. The minimum absolute atomic E-state index is 0.197. The number of nitrogens with zero attached hydrogens (tertiary/aromatic N) is 4. The second-order valence-corrected chi connectivity index (χ2v) is 8.85. The van der Waals surface area contributed by atoms with E-state index in [0.29, 0.717) is 40.3 Å². The predicted molar refractivity (Wildman–Crippen MR) is 130 cm³/mol. The Morgan fingerprint density at radius 1 is 1.11 bits per heavy atom. The van der Waals surface area contributed by atoms with Crippen molar-refractivity contribution in [2.24, 2.45) is 0 Å². The number of carboxylic acid groups (broad SMARTS) is 1. The van der Waals surface area contributed by atoms with Gasteiger partial charge in [0.2, 0.25) is 0 Å². The van der Waals surface area contributed by atoms with Gasteiger partial charge in [0, 0.05) is 24.0 Å². The van der Waals surface area contributed by atoms with Gasteiger partial charge in [0.25, 0.3) is 5.91 Å². The molecule has 35 heavy (non-hydrogen) atoms. The van der Waals surface area contributed by atoms with Gasteiger partial charge in [-0.05, 0) is 73.4 Å². The summed E-state index contributed by atoms with van der Waals surface area (Å²) in [5.41, 5.74) is 3.43.